The summed E-state index contributed by atoms with van der Waals surface area (Å²) >= 11 is 0. The number of hydrogen-bond acceptors (Lipinski definition) is 4. The van der Waals surface area contributed by atoms with Crippen molar-refractivity contribution in [2.75, 3.05) is 13.2 Å². The molecule has 0 spiro atoms. The smallest absolute Gasteiger partial charge is 0.303 e. The van der Waals surface area contributed by atoms with Crippen LogP contribution in [0.1, 0.15) is 31.7 Å². The first-order chi connectivity index (χ1) is 9.02. The molecule has 4 heteroatoms. The third kappa shape index (κ3) is 3.33. The number of aliphatic hydroxyl groups excluding tert-OH is 1. The molecule has 1 aromatic carbocycles. The Balaban J connectivity index is 2.14. The molecule has 104 valence electrons. The molecule has 2 rings (SSSR count). The maximum absolute atomic E-state index is 11.2. The number of hydrogen-bond donors (Lipinski definition) is 1. The molecule has 0 amide bonds. The largest absolute Gasteiger partial charge is 0.454 e. The Labute approximate surface area is 113 Å². The predicted octanol–water partition coefficient (Wildman–Crippen LogP) is 1.87. The van der Waals surface area contributed by atoms with Crippen molar-refractivity contribution in [3.05, 3.63) is 35.9 Å². The highest BCUT2D eigenvalue weighted by molar-refractivity contribution is 5.66. The average molecular weight is 264 g/mol. The number of carbonyl (C=O) groups excluding carboxylic acids is 1. The van der Waals surface area contributed by atoms with Crippen molar-refractivity contribution < 1.29 is 19.4 Å². The zero-order valence-corrected chi connectivity index (χ0v) is 11.3. The molecule has 4 nitrogen and oxygen atoms in total. The standard InChI is InChI=1S/C15H20O4/c1-11(16)14(13-6-4-3-5-7-13)8-15(9-18-10-15)19-12(2)17/h3-7,11,14,16H,8-10H2,1-2H3/t11-,14+/m1/s1. The molecular formula is C15H20O4. The van der Waals surface area contributed by atoms with E-state index in [0.29, 0.717) is 19.6 Å². The van der Waals surface area contributed by atoms with E-state index in [9.17, 15) is 9.90 Å². The zero-order valence-electron chi connectivity index (χ0n) is 11.3. The van der Waals surface area contributed by atoms with Gasteiger partial charge in [0.1, 0.15) is 0 Å². The molecule has 0 radical (unpaired) electrons. The second kappa shape index (κ2) is 5.72. The predicted molar refractivity (Wildman–Crippen MR) is 70.8 cm³/mol. The van der Waals surface area contributed by atoms with E-state index in [-0.39, 0.29) is 11.9 Å². The van der Waals surface area contributed by atoms with Gasteiger partial charge in [0.15, 0.2) is 5.60 Å². The van der Waals surface area contributed by atoms with Crippen molar-refractivity contribution in [1.29, 1.82) is 0 Å². The Kier molecular flexibility index (Phi) is 4.22. The lowest BCUT2D eigenvalue weighted by atomic mass is 9.82. The Morgan fingerprint density at radius 1 is 1.42 bits per heavy atom. The van der Waals surface area contributed by atoms with Crippen LogP contribution >= 0.6 is 0 Å². The molecule has 0 aliphatic carbocycles. The third-order valence-corrected chi connectivity index (χ3v) is 3.49. The van der Waals surface area contributed by atoms with Gasteiger partial charge in [0.2, 0.25) is 0 Å². The fourth-order valence-corrected chi connectivity index (χ4v) is 2.52. The fraction of sp³-hybridized carbons (Fsp3) is 0.533. The molecule has 19 heavy (non-hydrogen) atoms. The van der Waals surface area contributed by atoms with Crippen LogP contribution in [0.3, 0.4) is 0 Å². The van der Waals surface area contributed by atoms with Crippen molar-refractivity contribution in [2.24, 2.45) is 0 Å². The lowest BCUT2D eigenvalue weighted by molar-refractivity contribution is -0.216. The summed E-state index contributed by atoms with van der Waals surface area (Å²) in [7, 11) is 0. The first-order valence-electron chi connectivity index (χ1n) is 6.53. The van der Waals surface area contributed by atoms with E-state index in [1.165, 1.54) is 6.92 Å². The minimum Gasteiger partial charge on any atom is -0.454 e. The average Bonchev–Trinajstić information content (AvgIpc) is 2.32. The Morgan fingerprint density at radius 2 is 2.05 bits per heavy atom. The number of benzene rings is 1. The molecule has 0 saturated carbocycles. The topological polar surface area (TPSA) is 55.8 Å². The van der Waals surface area contributed by atoms with E-state index in [1.54, 1.807) is 6.92 Å². The molecule has 1 N–H and O–H groups in total. The Morgan fingerprint density at radius 3 is 2.47 bits per heavy atom. The van der Waals surface area contributed by atoms with Crippen LogP contribution in [-0.4, -0.2) is 36.0 Å². The van der Waals surface area contributed by atoms with E-state index < -0.39 is 11.7 Å². The molecule has 0 aromatic heterocycles. The summed E-state index contributed by atoms with van der Waals surface area (Å²) < 4.78 is 10.6. The van der Waals surface area contributed by atoms with Gasteiger partial charge in [-0.25, -0.2) is 0 Å². The van der Waals surface area contributed by atoms with Gasteiger partial charge in [-0.05, 0) is 12.5 Å². The van der Waals surface area contributed by atoms with Crippen molar-refractivity contribution in [3.63, 3.8) is 0 Å². The van der Waals surface area contributed by atoms with Crippen LogP contribution in [-0.2, 0) is 14.3 Å². The van der Waals surface area contributed by atoms with Crippen LogP contribution < -0.4 is 0 Å². The molecule has 1 aromatic rings. The van der Waals surface area contributed by atoms with Gasteiger partial charge in [-0.15, -0.1) is 0 Å². The third-order valence-electron chi connectivity index (χ3n) is 3.49. The van der Waals surface area contributed by atoms with Crippen LogP contribution in [0.25, 0.3) is 0 Å². The highest BCUT2D eigenvalue weighted by Gasteiger charge is 2.44. The number of carbonyl (C=O) groups is 1. The lowest BCUT2D eigenvalue weighted by Gasteiger charge is -2.43. The van der Waals surface area contributed by atoms with Gasteiger partial charge in [0.05, 0.1) is 19.3 Å². The molecular weight excluding hydrogens is 244 g/mol. The van der Waals surface area contributed by atoms with Gasteiger partial charge in [-0.1, -0.05) is 30.3 Å². The molecule has 1 saturated heterocycles. The van der Waals surface area contributed by atoms with Gasteiger partial charge in [-0.2, -0.15) is 0 Å². The lowest BCUT2D eigenvalue weighted by Crippen LogP contribution is -2.54. The number of aliphatic hydroxyl groups is 1. The summed E-state index contributed by atoms with van der Waals surface area (Å²) in [5.41, 5.74) is 0.472. The van der Waals surface area contributed by atoms with E-state index >= 15 is 0 Å². The Hall–Kier alpha value is -1.39. The van der Waals surface area contributed by atoms with Crippen LogP contribution in [0.5, 0.6) is 0 Å². The number of esters is 1. The van der Waals surface area contributed by atoms with E-state index in [4.69, 9.17) is 9.47 Å². The van der Waals surface area contributed by atoms with Crippen LogP contribution in [0.4, 0.5) is 0 Å². The summed E-state index contributed by atoms with van der Waals surface area (Å²) in [4.78, 5) is 11.2. The molecule has 1 fully saturated rings. The summed E-state index contributed by atoms with van der Waals surface area (Å²) in [6.45, 7) is 3.98. The number of rotatable bonds is 5. The minimum absolute atomic E-state index is 0.0653. The summed E-state index contributed by atoms with van der Waals surface area (Å²) in [6.07, 6.45) is 0.0734. The molecule has 1 aliphatic heterocycles. The first-order valence-corrected chi connectivity index (χ1v) is 6.53. The van der Waals surface area contributed by atoms with E-state index in [2.05, 4.69) is 0 Å². The maximum atomic E-state index is 11.2. The van der Waals surface area contributed by atoms with Crippen molar-refractivity contribution >= 4 is 5.97 Å². The molecule has 0 bridgehead atoms. The highest BCUT2D eigenvalue weighted by Crippen LogP contribution is 2.36. The molecule has 1 aliphatic rings. The van der Waals surface area contributed by atoms with Crippen molar-refractivity contribution in [3.8, 4) is 0 Å². The van der Waals surface area contributed by atoms with Crippen LogP contribution in [0.15, 0.2) is 30.3 Å². The van der Waals surface area contributed by atoms with Crippen molar-refractivity contribution in [2.45, 2.75) is 37.9 Å². The van der Waals surface area contributed by atoms with Gasteiger partial charge >= 0.3 is 5.97 Å². The van der Waals surface area contributed by atoms with Crippen LogP contribution in [0.2, 0.25) is 0 Å². The maximum Gasteiger partial charge on any atom is 0.303 e. The Bertz CT molecular complexity index is 423. The quantitative estimate of drug-likeness (QED) is 0.825. The normalized spacial score (nSPS) is 20.2. The fourth-order valence-electron chi connectivity index (χ4n) is 2.52. The SMILES string of the molecule is CC(=O)OC1(C[C@H](c2ccccc2)[C@@H](C)O)COC1. The second-order valence-corrected chi connectivity index (χ2v) is 5.23. The summed E-state index contributed by atoms with van der Waals surface area (Å²) in [5.74, 6) is -0.370. The summed E-state index contributed by atoms with van der Waals surface area (Å²) in [6, 6.07) is 9.80. The van der Waals surface area contributed by atoms with Crippen LogP contribution in [0, 0.1) is 0 Å². The monoisotopic (exact) mass is 264 g/mol. The first kappa shape index (κ1) is 14.0. The second-order valence-electron chi connectivity index (χ2n) is 5.23. The highest BCUT2D eigenvalue weighted by atomic mass is 16.6. The number of ether oxygens (including phenoxy) is 2. The van der Waals surface area contributed by atoms with Crippen molar-refractivity contribution in [1.82, 2.24) is 0 Å². The molecule has 1 heterocycles. The zero-order chi connectivity index (χ0) is 13.9. The molecule has 2 atom stereocenters. The molecule has 0 unspecified atom stereocenters. The van der Waals surface area contributed by atoms with Gasteiger partial charge in [0, 0.05) is 19.3 Å². The minimum atomic E-state index is -0.580. The van der Waals surface area contributed by atoms with Gasteiger partial charge in [0.25, 0.3) is 0 Å². The van der Waals surface area contributed by atoms with E-state index in [1.807, 2.05) is 30.3 Å². The van der Waals surface area contributed by atoms with E-state index in [0.717, 1.165) is 5.56 Å². The summed E-state index contributed by atoms with van der Waals surface area (Å²) in [5, 5.41) is 10.0. The van der Waals surface area contributed by atoms with Gasteiger partial charge in [-0.3, -0.25) is 4.79 Å². The van der Waals surface area contributed by atoms with Gasteiger partial charge < -0.3 is 14.6 Å².